The van der Waals surface area contributed by atoms with Crippen LogP contribution in [0.4, 0.5) is 0 Å². The molecule has 1 atom stereocenters. The van der Waals surface area contributed by atoms with Gasteiger partial charge >= 0.3 is 11.9 Å². The molecule has 0 unspecified atom stereocenters. The normalized spacial score (nSPS) is 12.3. The summed E-state index contributed by atoms with van der Waals surface area (Å²) in [6.45, 7) is 3.79. The first-order valence-electron chi connectivity index (χ1n) is 7.20. The molecule has 0 aromatic heterocycles. The van der Waals surface area contributed by atoms with Crippen molar-refractivity contribution in [2.75, 3.05) is 13.1 Å². The van der Waals surface area contributed by atoms with Gasteiger partial charge in [0.2, 0.25) is 0 Å². The molecule has 0 bridgehead atoms. The summed E-state index contributed by atoms with van der Waals surface area (Å²) in [6, 6.07) is 7.38. The van der Waals surface area contributed by atoms with Gasteiger partial charge in [-0.3, -0.25) is 14.5 Å². The summed E-state index contributed by atoms with van der Waals surface area (Å²) in [6.07, 6.45) is 2.78. The van der Waals surface area contributed by atoms with Gasteiger partial charge in [0.15, 0.2) is 0 Å². The first-order chi connectivity index (χ1) is 9.93. The van der Waals surface area contributed by atoms with E-state index in [0.29, 0.717) is 13.0 Å². The number of hydrogen-bond acceptors (Lipinski definition) is 3. The lowest BCUT2D eigenvalue weighted by Gasteiger charge is -2.24. The summed E-state index contributed by atoms with van der Waals surface area (Å²) < 4.78 is 0. The zero-order valence-corrected chi connectivity index (χ0v) is 12.6. The van der Waals surface area contributed by atoms with E-state index >= 15 is 0 Å². The Morgan fingerprint density at radius 3 is 2.05 bits per heavy atom. The maximum absolute atomic E-state index is 11.0. The summed E-state index contributed by atoms with van der Waals surface area (Å²) in [5.74, 6) is -2.02. The number of nitrogens with zero attached hydrogens (tertiary/aromatic N) is 1. The molecule has 5 heteroatoms. The molecule has 0 fully saturated rings. The molecule has 116 valence electrons. The van der Waals surface area contributed by atoms with Crippen molar-refractivity contribution in [3.63, 3.8) is 0 Å². The molecule has 1 rings (SSSR count). The van der Waals surface area contributed by atoms with Gasteiger partial charge in [0, 0.05) is 6.54 Å². The molecule has 21 heavy (non-hydrogen) atoms. The number of carbonyl (C=O) groups is 2. The number of aliphatic carboxylic acids is 2. The van der Waals surface area contributed by atoms with Crippen molar-refractivity contribution in [3.8, 4) is 0 Å². The van der Waals surface area contributed by atoms with E-state index in [9.17, 15) is 9.59 Å². The van der Waals surface area contributed by atoms with Crippen molar-refractivity contribution in [2.45, 2.75) is 39.2 Å². The predicted molar refractivity (Wildman–Crippen MR) is 80.4 cm³/mol. The van der Waals surface area contributed by atoms with Crippen LogP contribution in [0.1, 0.15) is 31.4 Å². The van der Waals surface area contributed by atoms with E-state index in [1.165, 1.54) is 17.4 Å². The van der Waals surface area contributed by atoms with Gasteiger partial charge in [0.1, 0.15) is 6.04 Å². The summed E-state index contributed by atoms with van der Waals surface area (Å²) in [5, 5.41) is 17.9. The standard InChI is InChI=1S/C16H23NO4/c1-3-4-13-5-7-14(8-6-13)9-10-17(11-15(18)19)12(2)16(20)21/h5-8,12H,3-4,9-11H2,1-2H3,(H,18,19)(H,20,21)/t12-/m1/s1. The van der Waals surface area contributed by atoms with E-state index in [-0.39, 0.29) is 6.54 Å². The third kappa shape index (κ3) is 5.95. The van der Waals surface area contributed by atoms with Crippen molar-refractivity contribution in [1.29, 1.82) is 0 Å². The van der Waals surface area contributed by atoms with Gasteiger partial charge in [0.25, 0.3) is 0 Å². The highest BCUT2D eigenvalue weighted by molar-refractivity contribution is 5.75. The topological polar surface area (TPSA) is 77.8 Å². The van der Waals surface area contributed by atoms with Crippen LogP contribution in [0, 0.1) is 0 Å². The molecule has 0 aliphatic heterocycles. The van der Waals surface area contributed by atoms with E-state index in [2.05, 4.69) is 19.1 Å². The van der Waals surface area contributed by atoms with Crippen LogP contribution in [0.5, 0.6) is 0 Å². The van der Waals surface area contributed by atoms with Gasteiger partial charge in [-0.1, -0.05) is 37.6 Å². The fourth-order valence-corrected chi connectivity index (χ4v) is 2.17. The van der Waals surface area contributed by atoms with Gasteiger partial charge in [-0.05, 0) is 30.9 Å². The van der Waals surface area contributed by atoms with Crippen molar-refractivity contribution in [1.82, 2.24) is 4.90 Å². The van der Waals surface area contributed by atoms with Crippen LogP contribution in [0.3, 0.4) is 0 Å². The molecule has 0 saturated carbocycles. The molecular weight excluding hydrogens is 270 g/mol. The largest absolute Gasteiger partial charge is 0.480 e. The quantitative estimate of drug-likeness (QED) is 0.728. The minimum Gasteiger partial charge on any atom is -0.480 e. The maximum atomic E-state index is 11.0. The van der Waals surface area contributed by atoms with Gasteiger partial charge < -0.3 is 10.2 Å². The summed E-state index contributed by atoms with van der Waals surface area (Å²) >= 11 is 0. The Labute approximate surface area is 125 Å². The molecule has 2 N–H and O–H groups in total. The first-order valence-corrected chi connectivity index (χ1v) is 7.20. The highest BCUT2D eigenvalue weighted by Gasteiger charge is 2.22. The predicted octanol–water partition coefficient (Wildman–Crippen LogP) is 2.04. The third-order valence-electron chi connectivity index (χ3n) is 3.49. The van der Waals surface area contributed by atoms with Crippen molar-refractivity contribution in [3.05, 3.63) is 35.4 Å². The smallest absolute Gasteiger partial charge is 0.320 e. The van der Waals surface area contributed by atoms with Gasteiger partial charge in [-0.25, -0.2) is 0 Å². The Kier molecular flexibility index (Phi) is 6.88. The number of hydrogen-bond donors (Lipinski definition) is 2. The molecule has 0 aliphatic carbocycles. The average Bonchev–Trinajstić information content (AvgIpc) is 2.44. The van der Waals surface area contributed by atoms with Crippen molar-refractivity contribution in [2.24, 2.45) is 0 Å². The monoisotopic (exact) mass is 293 g/mol. The Morgan fingerprint density at radius 1 is 1.10 bits per heavy atom. The Hall–Kier alpha value is -1.88. The van der Waals surface area contributed by atoms with Crippen LogP contribution < -0.4 is 0 Å². The average molecular weight is 293 g/mol. The second kappa shape index (κ2) is 8.42. The van der Waals surface area contributed by atoms with E-state index in [4.69, 9.17) is 10.2 Å². The number of rotatable bonds is 9. The van der Waals surface area contributed by atoms with E-state index < -0.39 is 18.0 Å². The lowest BCUT2D eigenvalue weighted by atomic mass is 10.1. The van der Waals surface area contributed by atoms with Gasteiger partial charge in [0.05, 0.1) is 6.54 Å². The number of aryl methyl sites for hydroxylation is 1. The number of carboxylic acids is 2. The molecule has 1 aromatic carbocycles. The minimum atomic E-state index is -1.01. The molecular formula is C16H23NO4. The van der Waals surface area contributed by atoms with Crippen LogP contribution in [0.15, 0.2) is 24.3 Å². The molecule has 0 saturated heterocycles. The third-order valence-corrected chi connectivity index (χ3v) is 3.49. The molecule has 1 aromatic rings. The Balaban J connectivity index is 2.63. The molecule has 5 nitrogen and oxygen atoms in total. The fourth-order valence-electron chi connectivity index (χ4n) is 2.17. The number of carboxylic acid groups (broad SMARTS) is 2. The van der Waals surface area contributed by atoms with Crippen LogP contribution >= 0.6 is 0 Å². The summed E-state index contributed by atoms with van der Waals surface area (Å²) in [4.78, 5) is 23.3. The Bertz CT molecular complexity index is 470. The summed E-state index contributed by atoms with van der Waals surface area (Å²) in [7, 11) is 0. The van der Waals surface area contributed by atoms with E-state index in [1.54, 1.807) is 0 Å². The van der Waals surface area contributed by atoms with Crippen LogP contribution in [-0.2, 0) is 22.4 Å². The highest BCUT2D eigenvalue weighted by Crippen LogP contribution is 2.09. The molecule has 0 aliphatic rings. The van der Waals surface area contributed by atoms with Crippen LogP contribution in [0.2, 0.25) is 0 Å². The Morgan fingerprint density at radius 2 is 1.62 bits per heavy atom. The van der Waals surface area contributed by atoms with Crippen LogP contribution in [0.25, 0.3) is 0 Å². The lowest BCUT2D eigenvalue weighted by Crippen LogP contribution is -2.43. The SMILES string of the molecule is CCCc1ccc(CCN(CC(=O)O)[C@H](C)C(=O)O)cc1. The molecule has 0 radical (unpaired) electrons. The lowest BCUT2D eigenvalue weighted by molar-refractivity contribution is -0.145. The fraction of sp³-hybridized carbons (Fsp3) is 0.500. The van der Waals surface area contributed by atoms with Crippen molar-refractivity contribution >= 4 is 11.9 Å². The van der Waals surface area contributed by atoms with E-state index in [1.807, 2.05) is 12.1 Å². The number of benzene rings is 1. The van der Waals surface area contributed by atoms with Gasteiger partial charge in [-0.15, -0.1) is 0 Å². The van der Waals surface area contributed by atoms with Gasteiger partial charge in [-0.2, -0.15) is 0 Å². The second-order valence-corrected chi connectivity index (χ2v) is 5.19. The zero-order valence-electron chi connectivity index (χ0n) is 12.6. The molecule has 0 heterocycles. The maximum Gasteiger partial charge on any atom is 0.320 e. The van der Waals surface area contributed by atoms with E-state index in [0.717, 1.165) is 18.4 Å². The molecule has 0 amide bonds. The summed E-state index contributed by atoms with van der Waals surface area (Å²) in [5.41, 5.74) is 2.37. The van der Waals surface area contributed by atoms with Crippen LogP contribution in [-0.4, -0.2) is 46.2 Å². The zero-order chi connectivity index (χ0) is 15.8. The second-order valence-electron chi connectivity index (χ2n) is 5.19. The highest BCUT2D eigenvalue weighted by atomic mass is 16.4. The molecule has 0 spiro atoms. The minimum absolute atomic E-state index is 0.263. The first kappa shape index (κ1) is 17.2. The van der Waals surface area contributed by atoms with Crippen molar-refractivity contribution < 1.29 is 19.8 Å².